The van der Waals surface area contributed by atoms with Gasteiger partial charge in [0, 0.05) is 12.4 Å². The van der Waals surface area contributed by atoms with Crippen molar-refractivity contribution in [2.75, 3.05) is 0 Å². The molecule has 10 heavy (non-hydrogen) atoms. The highest BCUT2D eigenvalue weighted by Crippen LogP contribution is 1.82. The van der Waals surface area contributed by atoms with Crippen LogP contribution in [0.25, 0.3) is 0 Å². The van der Waals surface area contributed by atoms with E-state index in [9.17, 15) is 9.59 Å². The summed E-state index contributed by atoms with van der Waals surface area (Å²) in [4.78, 5) is 20.8. The Labute approximate surface area is 56.4 Å². The molecule has 0 saturated carbocycles. The Hall–Kier alpha value is -1.65. The number of amides is 1. The Bertz CT molecular complexity index is 252. The molecule has 0 aliphatic rings. The van der Waals surface area contributed by atoms with Crippen LogP contribution in [0.4, 0.5) is 0 Å². The van der Waals surface area contributed by atoms with E-state index in [0.29, 0.717) is 0 Å². The highest BCUT2D eigenvalue weighted by molar-refractivity contribution is 6.35. The van der Waals surface area contributed by atoms with Crippen molar-refractivity contribution in [2.24, 2.45) is 5.73 Å². The van der Waals surface area contributed by atoms with Gasteiger partial charge in [0.25, 0.3) is 0 Å². The van der Waals surface area contributed by atoms with Gasteiger partial charge < -0.3 is 5.73 Å². The third-order valence-electron chi connectivity index (χ3n) is 0.923. The fourth-order valence-corrected chi connectivity index (χ4v) is 0.502. The molecule has 0 atom stereocenters. The number of carbonyl (C=O) groups is 2. The summed E-state index contributed by atoms with van der Waals surface area (Å²) in [6, 6.07) is 1.53. The molecule has 0 saturated heterocycles. The van der Waals surface area contributed by atoms with Crippen molar-refractivity contribution in [1.29, 1.82) is 0 Å². The average Bonchev–Trinajstić information content (AvgIpc) is 2.36. The molecule has 0 bridgehead atoms. The second-order valence-electron chi connectivity index (χ2n) is 1.62. The monoisotopic (exact) mass is 139 g/mol. The molecule has 5 nitrogen and oxygen atoms in total. The first kappa shape index (κ1) is 6.47. The Morgan fingerprint density at radius 3 is 2.60 bits per heavy atom. The Balaban J connectivity index is 2.88. The van der Waals surface area contributed by atoms with Crippen LogP contribution in [-0.2, 0) is 4.79 Å². The summed E-state index contributed by atoms with van der Waals surface area (Å²) in [6.07, 6.45) is 2.74. The number of aromatic nitrogens is 2. The molecule has 0 unspecified atom stereocenters. The van der Waals surface area contributed by atoms with Crippen molar-refractivity contribution >= 4 is 11.8 Å². The topological polar surface area (TPSA) is 78.0 Å². The molecule has 0 aliphatic heterocycles. The minimum absolute atomic E-state index is 0.829. The van der Waals surface area contributed by atoms with Gasteiger partial charge in [-0.3, -0.25) is 9.59 Å². The molecule has 5 heteroatoms. The van der Waals surface area contributed by atoms with Gasteiger partial charge in [-0.25, -0.2) is 0 Å². The second kappa shape index (κ2) is 2.30. The van der Waals surface area contributed by atoms with Crippen LogP contribution in [-0.4, -0.2) is 21.6 Å². The average molecular weight is 139 g/mol. The number of hydrogen-bond donors (Lipinski definition) is 1. The lowest BCUT2D eigenvalue weighted by molar-refractivity contribution is -0.114. The third kappa shape index (κ3) is 1.02. The molecule has 0 fully saturated rings. The first-order valence-corrected chi connectivity index (χ1v) is 2.55. The zero-order valence-corrected chi connectivity index (χ0v) is 5.02. The number of nitrogens with zero attached hydrogens (tertiary/aromatic N) is 2. The highest BCUT2D eigenvalue weighted by Gasteiger charge is 2.09. The van der Waals surface area contributed by atoms with Gasteiger partial charge in [0.15, 0.2) is 0 Å². The number of rotatable bonds is 0. The molecule has 1 amide bonds. The van der Waals surface area contributed by atoms with Crippen LogP contribution in [0.15, 0.2) is 18.5 Å². The summed E-state index contributed by atoms with van der Waals surface area (Å²) in [7, 11) is 0. The molecule has 52 valence electrons. The first-order valence-electron chi connectivity index (χ1n) is 2.55. The number of primary amides is 1. The summed E-state index contributed by atoms with van der Waals surface area (Å²) < 4.78 is 0.877. The summed E-state index contributed by atoms with van der Waals surface area (Å²) in [5.74, 6) is -1.84. The highest BCUT2D eigenvalue weighted by atomic mass is 16.2. The van der Waals surface area contributed by atoms with E-state index in [1.54, 1.807) is 0 Å². The standard InChI is InChI=1S/C5H5N3O2/c6-4(9)5(10)8-3-1-2-7-8/h1-3H,(H2,6,9). The predicted molar refractivity (Wildman–Crippen MR) is 32.0 cm³/mol. The van der Waals surface area contributed by atoms with Crippen molar-refractivity contribution in [3.8, 4) is 0 Å². The van der Waals surface area contributed by atoms with Gasteiger partial charge >= 0.3 is 11.8 Å². The molecule has 0 aromatic carbocycles. The van der Waals surface area contributed by atoms with Gasteiger partial charge in [0.05, 0.1) is 0 Å². The smallest absolute Gasteiger partial charge is 0.335 e. The second-order valence-corrected chi connectivity index (χ2v) is 1.62. The molecule has 1 rings (SSSR count). The third-order valence-corrected chi connectivity index (χ3v) is 0.923. The molecule has 1 aromatic heterocycles. The van der Waals surface area contributed by atoms with Crippen LogP contribution in [0.5, 0.6) is 0 Å². The van der Waals surface area contributed by atoms with Gasteiger partial charge in [-0.15, -0.1) is 0 Å². The fraction of sp³-hybridized carbons (Fsp3) is 0. The van der Waals surface area contributed by atoms with Gasteiger partial charge in [-0.2, -0.15) is 9.78 Å². The largest absolute Gasteiger partial charge is 0.361 e. The maximum Gasteiger partial charge on any atom is 0.335 e. The summed E-state index contributed by atoms with van der Waals surface area (Å²) in [5, 5.41) is 3.50. The molecular weight excluding hydrogens is 134 g/mol. The van der Waals surface area contributed by atoms with Crippen molar-refractivity contribution in [2.45, 2.75) is 0 Å². The minimum atomic E-state index is -1.01. The van der Waals surface area contributed by atoms with E-state index in [0.717, 1.165) is 4.68 Å². The van der Waals surface area contributed by atoms with Crippen molar-refractivity contribution in [1.82, 2.24) is 9.78 Å². The maximum atomic E-state index is 10.6. The fourth-order valence-electron chi connectivity index (χ4n) is 0.502. The zero-order chi connectivity index (χ0) is 7.56. The van der Waals surface area contributed by atoms with Crippen molar-refractivity contribution in [3.05, 3.63) is 18.5 Å². The molecule has 2 N–H and O–H groups in total. The van der Waals surface area contributed by atoms with E-state index in [-0.39, 0.29) is 0 Å². The predicted octanol–water partition coefficient (Wildman–Crippen LogP) is -0.991. The van der Waals surface area contributed by atoms with Crippen LogP contribution < -0.4 is 5.73 Å². The quantitative estimate of drug-likeness (QED) is 0.468. The Morgan fingerprint density at radius 1 is 1.50 bits per heavy atom. The van der Waals surface area contributed by atoms with E-state index >= 15 is 0 Å². The molecule has 0 spiro atoms. The van der Waals surface area contributed by atoms with Crippen LogP contribution in [0.2, 0.25) is 0 Å². The maximum absolute atomic E-state index is 10.6. The van der Waals surface area contributed by atoms with Gasteiger partial charge in [-0.05, 0) is 6.07 Å². The van der Waals surface area contributed by atoms with Gasteiger partial charge in [-0.1, -0.05) is 0 Å². The van der Waals surface area contributed by atoms with E-state index in [1.807, 2.05) is 0 Å². The van der Waals surface area contributed by atoms with Crippen molar-refractivity contribution < 1.29 is 9.59 Å². The van der Waals surface area contributed by atoms with Crippen LogP contribution in [0.3, 0.4) is 0 Å². The Kier molecular flexibility index (Phi) is 1.49. The van der Waals surface area contributed by atoms with Crippen LogP contribution in [0.1, 0.15) is 4.79 Å². The van der Waals surface area contributed by atoms with Gasteiger partial charge in [0.2, 0.25) is 0 Å². The summed E-state index contributed by atoms with van der Waals surface area (Å²) in [5.41, 5.74) is 4.68. The number of hydrogen-bond acceptors (Lipinski definition) is 3. The first-order chi connectivity index (χ1) is 4.72. The minimum Gasteiger partial charge on any atom is -0.361 e. The lowest BCUT2D eigenvalue weighted by atomic mass is 10.6. The van der Waals surface area contributed by atoms with Crippen LogP contribution >= 0.6 is 0 Å². The van der Waals surface area contributed by atoms with E-state index in [2.05, 4.69) is 10.8 Å². The summed E-state index contributed by atoms with van der Waals surface area (Å²) in [6.45, 7) is 0. The van der Waals surface area contributed by atoms with Gasteiger partial charge in [0.1, 0.15) is 0 Å². The molecule has 0 aliphatic carbocycles. The van der Waals surface area contributed by atoms with Crippen LogP contribution in [0, 0.1) is 0 Å². The normalized spacial score (nSPS) is 9.20. The lowest BCUT2D eigenvalue weighted by Gasteiger charge is -1.91. The zero-order valence-electron chi connectivity index (χ0n) is 5.02. The van der Waals surface area contributed by atoms with Crippen molar-refractivity contribution in [3.63, 3.8) is 0 Å². The lowest BCUT2D eigenvalue weighted by Crippen LogP contribution is -2.28. The molecular formula is C5H5N3O2. The number of nitrogens with two attached hydrogens (primary N) is 1. The SMILES string of the molecule is NC(=O)C(=O)n1cccn1. The number of carbonyl (C=O) groups excluding carboxylic acids is 2. The van der Waals surface area contributed by atoms with E-state index in [4.69, 9.17) is 0 Å². The molecule has 1 aromatic rings. The van der Waals surface area contributed by atoms with E-state index in [1.165, 1.54) is 18.5 Å². The molecule has 0 radical (unpaired) electrons. The van der Waals surface area contributed by atoms with E-state index < -0.39 is 11.8 Å². The Morgan fingerprint density at radius 2 is 2.20 bits per heavy atom. The summed E-state index contributed by atoms with van der Waals surface area (Å²) >= 11 is 0. The molecule has 1 heterocycles.